The second-order valence-electron chi connectivity index (χ2n) is 4.14. The topological polar surface area (TPSA) is 35.8 Å². The first-order chi connectivity index (χ1) is 8.69. The van der Waals surface area contributed by atoms with Crippen LogP contribution in [0.3, 0.4) is 0 Å². The van der Waals surface area contributed by atoms with Crippen molar-refractivity contribution in [3.63, 3.8) is 0 Å². The van der Waals surface area contributed by atoms with Crippen LogP contribution in [0.25, 0.3) is 0 Å². The molecule has 0 aliphatic heterocycles. The van der Waals surface area contributed by atoms with Crippen molar-refractivity contribution in [1.29, 1.82) is 5.26 Å². The maximum Gasteiger partial charge on any atom is 0.101 e. The van der Waals surface area contributed by atoms with Crippen molar-refractivity contribution in [2.45, 2.75) is 13.5 Å². The molecule has 0 saturated heterocycles. The van der Waals surface area contributed by atoms with E-state index in [1.807, 2.05) is 0 Å². The molecule has 2 aromatic carbocycles. The monoisotopic (exact) mass is 256 g/mol. The summed E-state index contributed by atoms with van der Waals surface area (Å²) in [6.07, 6.45) is 0. The van der Waals surface area contributed by atoms with E-state index in [-0.39, 0.29) is 0 Å². The lowest BCUT2D eigenvalue weighted by atomic mass is 10.1. The van der Waals surface area contributed by atoms with Crippen LogP contribution >= 0.6 is 11.6 Å². The van der Waals surface area contributed by atoms with Crippen molar-refractivity contribution in [1.82, 2.24) is 0 Å². The van der Waals surface area contributed by atoms with E-state index < -0.39 is 0 Å². The van der Waals surface area contributed by atoms with Gasteiger partial charge < -0.3 is 5.32 Å². The standard InChI is InChI=1S/C15H13ClN2/c1-11-2-4-12(5-3-11)10-18-15-8-14(16)7-6-13(15)9-17/h2-8,18H,10H2,1H3. The van der Waals surface area contributed by atoms with Crippen molar-refractivity contribution < 1.29 is 0 Å². The number of hydrogen-bond acceptors (Lipinski definition) is 2. The van der Waals surface area contributed by atoms with Gasteiger partial charge in [0, 0.05) is 11.6 Å². The largest absolute Gasteiger partial charge is 0.380 e. The van der Waals surface area contributed by atoms with Gasteiger partial charge in [-0.2, -0.15) is 5.26 Å². The molecule has 0 saturated carbocycles. The zero-order valence-electron chi connectivity index (χ0n) is 10.1. The number of nitriles is 1. The Morgan fingerprint density at radius 1 is 1.17 bits per heavy atom. The predicted molar refractivity (Wildman–Crippen MR) is 74.7 cm³/mol. The summed E-state index contributed by atoms with van der Waals surface area (Å²) in [5.74, 6) is 0. The van der Waals surface area contributed by atoms with Crippen LogP contribution in [0.15, 0.2) is 42.5 Å². The molecule has 0 bridgehead atoms. The third-order valence-corrected chi connectivity index (χ3v) is 2.94. The van der Waals surface area contributed by atoms with E-state index in [4.69, 9.17) is 16.9 Å². The minimum atomic E-state index is 0.603. The Labute approximate surface area is 112 Å². The van der Waals surface area contributed by atoms with Gasteiger partial charge in [-0.25, -0.2) is 0 Å². The van der Waals surface area contributed by atoms with Crippen LogP contribution < -0.4 is 5.32 Å². The molecule has 0 aromatic heterocycles. The normalized spacial score (nSPS) is 9.83. The van der Waals surface area contributed by atoms with Crippen molar-refractivity contribution in [2.75, 3.05) is 5.32 Å². The molecule has 0 radical (unpaired) electrons. The summed E-state index contributed by atoms with van der Waals surface area (Å²) in [5.41, 5.74) is 3.78. The van der Waals surface area contributed by atoms with E-state index in [1.54, 1.807) is 18.2 Å². The van der Waals surface area contributed by atoms with E-state index in [0.717, 1.165) is 5.69 Å². The smallest absolute Gasteiger partial charge is 0.101 e. The van der Waals surface area contributed by atoms with Crippen molar-refractivity contribution >= 4 is 17.3 Å². The van der Waals surface area contributed by atoms with Crippen LogP contribution in [-0.4, -0.2) is 0 Å². The van der Waals surface area contributed by atoms with E-state index in [1.165, 1.54) is 11.1 Å². The fourth-order valence-electron chi connectivity index (χ4n) is 1.66. The Bertz CT molecular complexity index is 582. The zero-order chi connectivity index (χ0) is 13.0. The predicted octanol–water partition coefficient (Wildman–Crippen LogP) is 4.13. The van der Waals surface area contributed by atoms with Crippen LogP contribution in [0.4, 0.5) is 5.69 Å². The molecule has 0 heterocycles. The summed E-state index contributed by atoms with van der Waals surface area (Å²) < 4.78 is 0. The first-order valence-electron chi connectivity index (χ1n) is 5.68. The molecular weight excluding hydrogens is 244 g/mol. The quantitative estimate of drug-likeness (QED) is 0.896. The molecule has 2 nitrogen and oxygen atoms in total. The van der Waals surface area contributed by atoms with Gasteiger partial charge in [-0.1, -0.05) is 41.4 Å². The van der Waals surface area contributed by atoms with Gasteiger partial charge in [0.25, 0.3) is 0 Å². The van der Waals surface area contributed by atoms with Crippen molar-refractivity contribution in [2.24, 2.45) is 0 Å². The zero-order valence-corrected chi connectivity index (χ0v) is 10.8. The molecule has 0 atom stereocenters. The molecule has 18 heavy (non-hydrogen) atoms. The fourth-order valence-corrected chi connectivity index (χ4v) is 1.84. The molecular formula is C15H13ClN2. The Morgan fingerprint density at radius 2 is 1.89 bits per heavy atom. The molecule has 2 rings (SSSR count). The van der Waals surface area contributed by atoms with Crippen molar-refractivity contribution in [3.05, 3.63) is 64.2 Å². The molecule has 0 unspecified atom stereocenters. The summed E-state index contributed by atoms with van der Waals surface area (Å²) >= 11 is 5.93. The summed E-state index contributed by atoms with van der Waals surface area (Å²) in [7, 11) is 0. The summed E-state index contributed by atoms with van der Waals surface area (Å²) in [6, 6.07) is 15.6. The molecule has 0 amide bonds. The first-order valence-corrected chi connectivity index (χ1v) is 6.06. The SMILES string of the molecule is Cc1ccc(CNc2cc(Cl)ccc2C#N)cc1. The number of nitrogens with one attached hydrogen (secondary N) is 1. The summed E-state index contributed by atoms with van der Waals surface area (Å²) in [4.78, 5) is 0. The van der Waals surface area contributed by atoms with Gasteiger partial charge in [0.15, 0.2) is 0 Å². The van der Waals surface area contributed by atoms with Crippen LogP contribution in [0.1, 0.15) is 16.7 Å². The van der Waals surface area contributed by atoms with Crippen LogP contribution in [0, 0.1) is 18.3 Å². The Hall–Kier alpha value is -1.98. The second-order valence-corrected chi connectivity index (χ2v) is 4.58. The van der Waals surface area contributed by atoms with E-state index >= 15 is 0 Å². The maximum atomic E-state index is 9.01. The van der Waals surface area contributed by atoms with Crippen molar-refractivity contribution in [3.8, 4) is 6.07 Å². The molecule has 0 aliphatic carbocycles. The average Bonchev–Trinajstić information content (AvgIpc) is 2.38. The van der Waals surface area contributed by atoms with E-state index in [0.29, 0.717) is 17.1 Å². The summed E-state index contributed by atoms with van der Waals surface area (Å²) in [5, 5.41) is 12.9. The minimum Gasteiger partial charge on any atom is -0.380 e. The molecule has 0 fully saturated rings. The number of anilines is 1. The molecule has 2 aromatic rings. The third-order valence-electron chi connectivity index (χ3n) is 2.71. The van der Waals surface area contributed by atoms with Gasteiger partial charge in [0.1, 0.15) is 6.07 Å². The fraction of sp³-hybridized carbons (Fsp3) is 0.133. The average molecular weight is 257 g/mol. The van der Waals surface area contributed by atoms with Gasteiger partial charge in [-0.3, -0.25) is 0 Å². The number of nitrogens with zero attached hydrogens (tertiary/aromatic N) is 1. The molecule has 1 N–H and O–H groups in total. The van der Waals surface area contributed by atoms with E-state index in [9.17, 15) is 0 Å². The molecule has 90 valence electrons. The highest BCUT2D eigenvalue weighted by atomic mass is 35.5. The Morgan fingerprint density at radius 3 is 2.56 bits per heavy atom. The Balaban J connectivity index is 2.13. The van der Waals surface area contributed by atoms with Gasteiger partial charge >= 0.3 is 0 Å². The first kappa shape index (κ1) is 12.5. The van der Waals surface area contributed by atoms with Crippen LogP contribution in [-0.2, 0) is 6.54 Å². The van der Waals surface area contributed by atoms with Gasteiger partial charge in [-0.15, -0.1) is 0 Å². The molecule has 0 spiro atoms. The number of halogens is 1. The van der Waals surface area contributed by atoms with Crippen LogP contribution in [0.5, 0.6) is 0 Å². The lowest BCUT2D eigenvalue weighted by molar-refractivity contribution is 1.14. The number of aryl methyl sites for hydroxylation is 1. The highest BCUT2D eigenvalue weighted by molar-refractivity contribution is 6.30. The highest BCUT2D eigenvalue weighted by Gasteiger charge is 2.02. The number of benzene rings is 2. The third kappa shape index (κ3) is 3.03. The maximum absolute atomic E-state index is 9.01. The van der Waals surface area contributed by atoms with Gasteiger partial charge in [0.05, 0.1) is 11.3 Å². The number of rotatable bonds is 3. The molecule has 0 aliphatic rings. The molecule has 3 heteroatoms. The van der Waals surface area contributed by atoms with Gasteiger partial charge in [-0.05, 0) is 30.7 Å². The van der Waals surface area contributed by atoms with Crippen LogP contribution in [0.2, 0.25) is 5.02 Å². The van der Waals surface area contributed by atoms with Gasteiger partial charge in [0.2, 0.25) is 0 Å². The second kappa shape index (κ2) is 5.57. The number of hydrogen-bond donors (Lipinski definition) is 1. The highest BCUT2D eigenvalue weighted by Crippen LogP contribution is 2.21. The van der Waals surface area contributed by atoms with E-state index in [2.05, 4.69) is 42.6 Å². The lowest BCUT2D eigenvalue weighted by Gasteiger charge is -2.09. The Kier molecular flexibility index (Phi) is 3.86. The minimum absolute atomic E-state index is 0.603. The lowest BCUT2D eigenvalue weighted by Crippen LogP contribution is -2.01. The summed E-state index contributed by atoms with van der Waals surface area (Å²) in [6.45, 7) is 2.73.